The number of carbonyl (C=O) groups excluding carboxylic acids is 1. The minimum Gasteiger partial charge on any atom is -0.319 e. The molecule has 0 bridgehead atoms. The third-order valence-corrected chi connectivity index (χ3v) is 5.62. The average molecular weight is 367 g/mol. The van der Waals surface area contributed by atoms with Crippen LogP contribution >= 0.6 is 11.8 Å². The van der Waals surface area contributed by atoms with E-state index in [1.807, 2.05) is 31.2 Å². The van der Waals surface area contributed by atoms with E-state index in [9.17, 15) is 4.79 Å². The number of Topliss-reactive ketones (excluding diaryl/α,β-unsaturated/α-hetero) is 1. The summed E-state index contributed by atoms with van der Waals surface area (Å²) in [6, 6.07) is 12.3. The van der Waals surface area contributed by atoms with Gasteiger partial charge in [-0.3, -0.25) is 4.79 Å². The normalized spacial score (nSPS) is 11.5. The highest BCUT2D eigenvalue weighted by Gasteiger charge is 2.16. The molecule has 0 fully saturated rings. The molecule has 1 aromatic heterocycles. The van der Waals surface area contributed by atoms with Gasteiger partial charge in [-0.25, -0.2) is 4.98 Å². The van der Waals surface area contributed by atoms with Crippen LogP contribution in [-0.2, 0) is 6.54 Å². The molecule has 4 heteroatoms. The number of para-hydroxylation sites is 2. The molecule has 0 spiro atoms. The number of nitrogens with zero attached hydrogens (tertiary/aromatic N) is 2. The second-order valence-corrected chi connectivity index (χ2v) is 8.29. The summed E-state index contributed by atoms with van der Waals surface area (Å²) < 4.78 is 2.24. The van der Waals surface area contributed by atoms with E-state index in [0.29, 0.717) is 11.7 Å². The van der Waals surface area contributed by atoms with Crippen LogP contribution in [0.3, 0.4) is 0 Å². The van der Waals surface area contributed by atoms with E-state index in [1.165, 1.54) is 17.3 Å². The van der Waals surface area contributed by atoms with Crippen LogP contribution in [-0.4, -0.2) is 21.1 Å². The number of hydrogen-bond acceptors (Lipinski definition) is 3. The summed E-state index contributed by atoms with van der Waals surface area (Å²) in [5.41, 5.74) is 6.40. The lowest BCUT2D eigenvalue weighted by Crippen LogP contribution is -2.09. The molecule has 0 radical (unpaired) electrons. The van der Waals surface area contributed by atoms with Crippen molar-refractivity contribution in [2.45, 2.75) is 46.3 Å². The zero-order valence-electron chi connectivity index (χ0n) is 16.2. The van der Waals surface area contributed by atoms with Gasteiger partial charge in [0.15, 0.2) is 10.9 Å². The molecule has 0 unspecified atom stereocenters. The highest BCUT2D eigenvalue weighted by atomic mass is 32.2. The van der Waals surface area contributed by atoms with Gasteiger partial charge in [-0.1, -0.05) is 43.8 Å². The first-order valence-corrected chi connectivity index (χ1v) is 10.0. The number of carbonyl (C=O) groups is 1. The molecular formula is C22H26N2OS. The van der Waals surface area contributed by atoms with Gasteiger partial charge < -0.3 is 4.57 Å². The molecule has 0 aliphatic heterocycles. The number of fused-ring (bicyclic) bond motifs is 1. The summed E-state index contributed by atoms with van der Waals surface area (Å²) >= 11 is 1.54. The Bertz CT molecular complexity index is 956. The van der Waals surface area contributed by atoms with Gasteiger partial charge in [0.25, 0.3) is 0 Å². The average Bonchev–Trinajstić information content (AvgIpc) is 2.93. The van der Waals surface area contributed by atoms with Crippen molar-refractivity contribution in [1.82, 2.24) is 9.55 Å². The fourth-order valence-electron chi connectivity index (χ4n) is 3.17. The lowest BCUT2D eigenvalue weighted by molar-refractivity contribution is 0.102. The third-order valence-electron chi connectivity index (χ3n) is 4.64. The molecule has 26 heavy (non-hydrogen) atoms. The van der Waals surface area contributed by atoms with E-state index in [-0.39, 0.29) is 5.78 Å². The van der Waals surface area contributed by atoms with Crippen molar-refractivity contribution in [3.63, 3.8) is 0 Å². The smallest absolute Gasteiger partial charge is 0.173 e. The molecule has 136 valence electrons. The van der Waals surface area contributed by atoms with E-state index < -0.39 is 0 Å². The Balaban J connectivity index is 1.85. The molecule has 1 heterocycles. The molecule has 0 N–H and O–H groups in total. The van der Waals surface area contributed by atoms with Crippen LogP contribution in [0.2, 0.25) is 0 Å². The van der Waals surface area contributed by atoms with Crippen LogP contribution in [0.1, 0.15) is 40.9 Å². The predicted molar refractivity (Wildman–Crippen MR) is 110 cm³/mol. The Morgan fingerprint density at radius 3 is 2.50 bits per heavy atom. The second-order valence-electron chi connectivity index (χ2n) is 7.35. The van der Waals surface area contributed by atoms with Gasteiger partial charge in [-0.2, -0.15) is 0 Å². The van der Waals surface area contributed by atoms with E-state index in [2.05, 4.69) is 44.4 Å². The van der Waals surface area contributed by atoms with E-state index in [0.717, 1.165) is 39.4 Å². The Morgan fingerprint density at radius 1 is 1.08 bits per heavy atom. The van der Waals surface area contributed by atoms with Crippen LogP contribution in [0, 0.1) is 26.7 Å². The van der Waals surface area contributed by atoms with Gasteiger partial charge in [-0.15, -0.1) is 0 Å². The molecule has 3 rings (SSSR count). The first kappa shape index (κ1) is 18.7. The van der Waals surface area contributed by atoms with Crippen LogP contribution in [0.4, 0.5) is 0 Å². The first-order valence-electron chi connectivity index (χ1n) is 9.06. The Morgan fingerprint density at radius 2 is 1.77 bits per heavy atom. The highest BCUT2D eigenvalue weighted by molar-refractivity contribution is 7.99. The molecule has 0 saturated heterocycles. The molecule has 0 amide bonds. The molecule has 0 saturated carbocycles. The van der Waals surface area contributed by atoms with Crippen LogP contribution < -0.4 is 0 Å². The fourth-order valence-corrected chi connectivity index (χ4v) is 4.08. The van der Waals surface area contributed by atoms with Gasteiger partial charge >= 0.3 is 0 Å². The van der Waals surface area contributed by atoms with E-state index in [4.69, 9.17) is 4.98 Å². The van der Waals surface area contributed by atoms with Gasteiger partial charge in [0.2, 0.25) is 0 Å². The largest absolute Gasteiger partial charge is 0.319 e. The summed E-state index contributed by atoms with van der Waals surface area (Å²) in [6.07, 6.45) is 0. The summed E-state index contributed by atoms with van der Waals surface area (Å²) in [5.74, 6) is 1.09. The van der Waals surface area contributed by atoms with Crippen molar-refractivity contribution in [2.75, 3.05) is 5.75 Å². The van der Waals surface area contributed by atoms with Gasteiger partial charge in [-0.05, 0) is 61.6 Å². The maximum absolute atomic E-state index is 12.8. The maximum atomic E-state index is 12.8. The van der Waals surface area contributed by atoms with Gasteiger partial charge in [0.1, 0.15) is 0 Å². The van der Waals surface area contributed by atoms with E-state index >= 15 is 0 Å². The summed E-state index contributed by atoms with van der Waals surface area (Å²) in [7, 11) is 0. The summed E-state index contributed by atoms with van der Waals surface area (Å²) in [5, 5.41) is 0.926. The summed E-state index contributed by atoms with van der Waals surface area (Å²) in [6.45, 7) is 11.5. The number of imidazole rings is 1. The molecule has 3 nitrogen and oxygen atoms in total. The second kappa shape index (κ2) is 7.67. The summed E-state index contributed by atoms with van der Waals surface area (Å²) in [4.78, 5) is 17.6. The number of rotatable bonds is 6. The van der Waals surface area contributed by atoms with Crippen molar-refractivity contribution in [3.05, 3.63) is 58.7 Å². The third kappa shape index (κ3) is 3.85. The zero-order valence-corrected chi connectivity index (χ0v) is 17.0. The topological polar surface area (TPSA) is 34.9 Å². The number of hydrogen-bond donors (Lipinski definition) is 0. The molecular weight excluding hydrogens is 340 g/mol. The highest BCUT2D eigenvalue weighted by Crippen LogP contribution is 2.26. The maximum Gasteiger partial charge on any atom is 0.173 e. The number of aromatic nitrogens is 2. The van der Waals surface area contributed by atoms with Crippen LogP contribution in [0.5, 0.6) is 0 Å². The molecule has 0 aliphatic rings. The minimum atomic E-state index is 0.166. The van der Waals surface area contributed by atoms with Crippen LogP contribution in [0.15, 0.2) is 41.6 Å². The number of aryl methyl sites for hydroxylation is 3. The first-order chi connectivity index (χ1) is 12.4. The standard InChI is InChI=1S/C22H26N2OS/c1-14(2)12-24-20-9-7-6-8-19(20)23-22(24)26-13-21(25)18-11-16(4)15(3)10-17(18)5/h6-11,14H,12-13H2,1-5H3. The molecule has 3 aromatic rings. The Kier molecular flexibility index (Phi) is 5.52. The lowest BCUT2D eigenvalue weighted by Gasteiger charge is -2.12. The molecule has 2 aromatic carbocycles. The number of benzene rings is 2. The van der Waals surface area contributed by atoms with Crippen molar-refractivity contribution in [3.8, 4) is 0 Å². The van der Waals surface area contributed by atoms with Gasteiger partial charge in [0, 0.05) is 12.1 Å². The van der Waals surface area contributed by atoms with Crippen LogP contribution in [0.25, 0.3) is 11.0 Å². The number of ketones is 1. The predicted octanol–water partition coefficient (Wildman–Crippen LogP) is 5.59. The quantitative estimate of drug-likeness (QED) is 0.421. The minimum absolute atomic E-state index is 0.166. The lowest BCUT2D eigenvalue weighted by atomic mass is 9.99. The molecule has 0 aliphatic carbocycles. The Labute approximate surface area is 159 Å². The monoisotopic (exact) mass is 366 g/mol. The number of thioether (sulfide) groups is 1. The van der Waals surface area contributed by atoms with Crippen molar-refractivity contribution in [2.24, 2.45) is 5.92 Å². The SMILES string of the molecule is Cc1cc(C)c(C(=O)CSc2nc3ccccc3n2CC(C)C)cc1C. The van der Waals surface area contributed by atoms with Crippen molar-refractivity contribution in [1.29, 1.82) is 0 Å². The van der Waals surface area contributed by atoms with Crippen molar-refractivity contribution < 1.29 is 4.79 Å². The van der Waals surface area contributed by atoms with Crippen molar-refractivity contribution >= 4 is 28.6 Å². The van der Waals surface area contributed by atoms with Gasteiger partial charge in [0.05, 0.1) is 16.8 Å². The Hall–Kier alpha value is -2.07. The molecule has 0 atom stereocenters. The zero-order chi connectivity index (χ0) is 18.8. The fraction of sp³-hybridized carbons (Fsp3) is 0.364. The van der Waals surface area contributed by atoms with E-state index in [1.54, 1.807) is 0 Å².